The van der Waals surface area contributed by atoms with Crippen molar-refractivity contribution in [3.63, 3.8) is 0 Å². The number of aryl methyl sites for hydroxylation is 3. The van der Waals surface area contributed by atoms with Gasteiger partial charge in [-0.3, -0.25) is 14.3 Å². The second kappa shape index (κ2) is 7.99. The Kier molecular flexibility index (Phi) is 5.49. The molecule has 0 fully saturated rings. The smallest absolute Gasteiger partial charge is 0.291 e. The molecule has 3 rings (SSSR count). The number of aromatic nitrogens is 2. The molecule has 2 heterocycles. The van der Waals surface area contributed by atoms with E-state index in [4.69, 9.17) is 9.15 Å². The van der Waals surface area contributed by atoms with Crippen molar-refractivity contribution in [3.8, 4) is 5.75 Å². The minimum atomic E-state index is -0.476. The van der Waals surface area contributed by atoms with Crippen LogP contribution in [0.4, 0.5) is 5.69 Å². The fourth-order valence-corrected chi connectivity index (χ4v) is 2.59. The van der Waals surface area contributed by atoms with Crippen molar-refractivity contribution < 1.29 is 18.7 Å². The predicted octanol–water partition coefficient (Wildman–Crippen LogP) is 2.82. The van der Waals surface area contributed by atoms with Crippen molar-refractivity contribution in [2.75, 3.05) is 12.4 Å². The number of carbonyl (C=O) groups excluding carboxylic acids is 2. The first-order chi connectivity index (χ1) is 13.4. The van der Waals surface area contributed by atoms with Gasteiger partial charge in [0.05, 0.1) is 5.69 Å². The van der Waals surface area contributed by atoms with Gasteiger partial charge in [-0.1, -0.05) is 6.07 Å². The van der Waals surface area contributed by atoms with Gasteiger partial charge in [0.25, 0.3) is 11.8 Å². The van der Waals surface area contributed by atoms with E-state index in [0.29, 0.717) is 11.4 Å². The van der Waals surface area contributed by atoms with Gasteiger partial charge >= 0.3 is 0 Å². The van der Waals surface area contributed by atoms with E-state index in [9.17, 15) is 9.59 Å². The summed E-state index contributed by atoms with van der Waals surface area (Å²) in [7, 11) is 3.16. The Bertz CT molecular complexity index is 1020. The van der Waals surface area contributed by atoms with Crippen molar-refractivity contribution in [3.05, 3.63) is 64.9 Å². The molecule has 2 N–H and O–H groups in total. The highest BCUT2D eigenvalue weighted by molar-refractivity contribution is 6.06. The maximum atomic E-state index is 12.4. The summed E-state index contributed by atoms with van der Waals surface area (Å²) in [5, 5.41) is 9.18. The molecule has 0 radical (unpaired) electrons. The first-order valence-electron chi connectivity index (χ1n) is 8.73. The van der Waals surface area contributed by atoms with Crippen LogP contribution in [-0.2, 0) is 13.7 Å². The fraction of sp³-hybridized carbons (Fsp3) is 0.250. The molecule has 1 aromatic carbocycles. The van der Waals surface area contributed by atoms with Gasteiger partial charge in [0.15, 0.2) is 11.5 Å². The minimum absolute atomic E-state index is 0.116. The maximum Gasteiger partial charge on any atom is 0.291 e. The fourth-order valence-electron chi connectivity index (χ4n) is 2.59. The molecule has 146 valence electrons. The third-order valence-electron chi connectivity index (χ3n) is 4.26. The topological polar surface area (TPSA) is 98.4 Å². The number of furan rings is 1. The van der Waals surface area contributed by atoms with Gasteiger partial charge in [0.2, 0.25) is 0 Å². The lowest BCUT2D eigenvalue weighted by molar-refractivity contribution is 0.0958. The number of anilines is 1. The van der Waals surface area contributed by atoms with Crippen molar-refractivity contribution in [1.82, 2.24) is 15.1 Å². The largest absolute Gasteiger partial charge is 0.486 e. The SMILES string of the molecule is CNC(=O)c1nn(C)cc1NC(=O)c1ccc(COc2ccc(C)c(C)c2)o1. The molecular formula is C20H22N4O4. The highest BCUT2D eigenvalue weighted by Crippen LogP contribution is 2.19. The van der Waals surface area contributed by atoms with Crippen LogP contribution < -0.4 is 15.4 Å². The van der Waals surface area contributed by atoms with Gasteiger partial charge in [-0.2, -0.15) is 5.10 Å². The summed E-state index contributed by atoms with van der Waals surface area (Å²) in [5.41, 5.74) is 2.76. The van der Waals surface area contributed by atoms with E-state index >= 15 is 0 Å². The van der Waals surface area contributed by atoms with Crippen LogP contribution in [0.5, 0.6) is 5.75 Å². The number of nitrogens with zero attached hydrogens (tertiary/aromatic N) is 2. The Hall–Kier alpha value is -3.55. The lowest BCUT2D eigenvalue weighted by Gasteiger charge is -2.07. The number of benzene rings is 1. The summed E-state index contributed by atoms with van der Waals surface area (Å²) in [4.78, 5) is 24.3. The molecule has 8 nitrogen and oxygen atoms in total. The van der Waals surface area contributed by atoms with Crippen LogP contribution in [0.25, 0.3) is 0 Å². The molecule has 0 aliphatic carbocycles. The summed E-state index contributed by atoms with van der Waals surface area (Å²) in [5.74, 6) is 0.496. The molecule has 0 atom stereocenters. The molecule has 0 saturated heterocycles. The van der Waals surface area contributed by atoms with Gasteiger partial charge in [-0.05, 0) is 49.2 Å². The molecule has 0 unspecified atom stereocenters. The first kappa shape index (κ1) is 19.2. The van der Waals surface area contributed by atoms with Crippen molar-refractivity contribution in [2.24, 2.45) is 7.05 Å². The van der Waals surface area contributed by atoms with Crippen LogP contribution in [0.1, 0.15) is 37.9 Å². The zero-order valence-corrected chi connectivity index (χ0v) is 16.2. The predicted molar refractivity (Wildman–Crippen MR) is 104 cm³/mol. The number of nitrogens with one attached hydrogen (secondary N) is 2. The van der Waals surface area contributed by atoms with Gasteiger partial charge in [-0.25, -0.2) is 0 Å². The van der Waals surface area contributed by atoms with E-state index in [1.807, 2.05) is 32.0 Å². The summed E-state index contributed by atoms with van der Waals surface area (Å²) in [6.07, 6.45) is 1.55. The lowest BCUT2D eigenvalue weighted by Crippen LogP contribution is -2.21. The van der Waals surface area contributed by atoms with Crippen molar-refractivity contribution >= 4 is 17.5 Å². The Balaban J connectivity index is 1.66. The van der Waals surface area contributed by atoms with E-state index in [-0.39, 0.29) is 18.1 Å². The summed E-state index contributed by atoms with van der Waals surface area (Å²) in [6.45, 7) is 4.25. The van der Waals surface area contributed by atoms with Crippen molar-refractivity contribution in [1.29, 1.82) is 0 Å². The lowest BCUT2D eigenvalue weighted by atomic mass is 10.1. The number of hydrogen-bond donors (Lipinski definition) is 2. The van der Waals surface area contributed by atoms with Crippen LogP contribution in [0.15, 0.2) is 40.9 Å². The molecular weight excluding hydrogens is 360 g/mol. The first-order valence-corrected chi connectivity index (χ1v) is 8.73. The summed E-state index contributed by atoms with van der Waals surface area (Å²) >= 11 is 0. The number of ether oxygens (including phenoxy) is 1. The Morgan fingerprint density at radius 2 is 1.93 bits per heavy atom. The molecule has 28 heavy (non-hydrogen) atoms. The number of carbonyl (C=O) groups is 2. The Labute approximate surface area is 162 Å². The van der Waals surface area contributed by atoms with E-state index in [2.05, 4.69) is 15.7 Å². The molecule has 0 spiro atoms. The number of rotatable bonds is 6. The summed E-state index contributed by atoms with van der Waals surface area (Å²) in [6, 6.07) is 9.07. The van der Waals surface area contributed by atoms with E-state index in [0.717, 1.165) is 11.3 Å². The third kappa shape index (κ3) is 4.22. The quantitative estimate of drug-likeness (QED) is 0.683. The second-order valence-electron chi connectivity index (χ2n) is 6.40. The second-order valence-corrected chi connectivity index (χ2v) is 6.40. The molecule has 2 amide bonds. The molecule has 0 saturated carbocycles. The molecule has 0 aliphatic rings. The van der Waals surface area contributed by atoms with Gasteiger partial charge in [0.1, 0.15) is 18.1 Å². The van der Waals surface area contributed by atoms with E-state index in [1.165, 1.54) is 17.3 Å². The highest BCUT2D eigenvalue weighted by atomic mass is 16.5. The van der Waals surface area contributed by atoms with Crippen LogP contribution in [-0.4, -0.2) is 28.6 Å². The monoisotopic (exact) mass is 382 g/mol. The van der Waals surface area contributed by atoms with Crippen LogP contribution in [0.2, 0.25) is 0 Å². The van der Waals surface area contributed by atoms with E-state index in [1.54, 1.807) is 25.4 Å². The van der Waals surface area contributed by atoms with E-state index < -0.39 is 11.8 Å². The van der Waals surface area contributed by atoms with Gasteiger partial charge in [-0.15, -0.1) is 0 Å². The molecule has 0 aliphatic heterocycles. The van der Waals surface area contributed by atoms with Crippen LogP contribution in [0.3, 0.4) is 0 Å². The van der Waals surface area contributed by atoms with Gasteiger partial charge in [0, 0.05) is 20.3 Å². The molecule has 3 aromatic rings. The molecule has 8 heteroatoms. The molecule has 0 bridgehead atoms. The van der Waals surface area contributed by atoms with Gasteiger partial charge < -0.3 is 19.8 Å². The zero-order chi connectivity index (χ0) is 20.3. The summed E-state index contributed by atoms with van der Waals surface area (Å²) < 4.78 is 12.7. The Morgan fingerprint density at radius 1 is 1.14 bits per heavy atom. The minimum Gasteiger partial charge on any atom is -0.486 e. The average Bonchev–Trinajstić information content (AvgIpc) is 3.28. The number of amides is 2. The van der Waals surface area contributed by atoms with Crippen LogP contribution in [0, 0.1) is 13.8 Å². The maximum absolute atomic E-state index is 12.4. The van der Waals surface area contributed by atoms with Crippen LogP contribution >= 0.6 is 0 Å². The molecule has 2 aromatic heterocycles. The Morgan fingerprint density at radius 3 is 2.64 bits per heavy atom. The third-order valence-corrected chi connectivity index (χ3v) is 4.26. The normalized spacial score (nSPS) is 10.6. The standard InChI is InChI=1S/C20H22N4O4/c1-12-5-6-14(9-13(12)2)27-11-15-7-8-17(28-15)19(25)22-16-10-24(4)23-18(16)20(26)21-3/h5-10H,11H2,1-4H3,(H,21,26)(H,22,25). The van der Waals surface area contributed by atoms with Crippen molar-refractivity contribution in [2.45, 2.75) is 20.5 Å². The average molecular weight is 382 g/mol. The highest BCUT2D eigenvalue weighted by Gasteiger charge is 2.19. The zero-order valence-electron chi connectivity index (χ0n) is 16.2. The number of hydrogen-bond acceptors (Lipinski definition) is 5.